The van der Waals surface area contributed by atoms with Gasteiger partial charge >= 0.3 is 29.6 Å². The Labute approximate surface area is 127 Å². The van der Waals surface area contributed by atoms with Crippen LogP contribution in [0.2, 0.25) is 0 Å². The number of hydrogen-bond donors (Lipinski definition) is 1. The first-order valence-corrected chi connectivity index (χ1v) is 7.61. The summed E-state index contributed by atoms with van der Waals surface area (Å²) in [7, 11) is -4.01. The van der Waals surface area contributed by atoms with Crippen molar-refractivity contribution in [2.45, 2.75) is 64.4 Å². The fourth-order valence-electron chi connectivity index (χ4n) is 1.60. The van der Waals surface area contributed by atoms with Gasteiger partial charge in [0.15, 0.2) is 0 Å². The molecule has 0 saturated carbocycles. The van der Waals surface area contributed by atoms with Gasteiger partial charge in [-0.25, -0.2) is 8.42 Å². The SMILES string of the molecule is CC(O)CCCCCCCCCS(=O)(=O)[O-].[Na+]. The van der Waals surface area contributed by atoms with Crippen LogP contribution < -0.4 is 29.6 Å². The van der Waals surface area contributed by atoms with Crippen molar-refractivity contribution in [3.05, 3.63) is 0 Å². The van der Waals surface area contributed by atoms with E-state index >= 15 is 0 Å². The van der Waals surface area contributed by atoms with E-state index in [4.69, 9.17) is 5.11 Å². The summed E-state index contributed by atoms with van der Waals surface area (Å²) < 4.78 is 30.9. The molecule has 98 valence electrons. The first-order valence-electron chi connectivity index (χ1n) is 6.03. The van der Waals surface area contributed by atoms with Crippen LogP contribution in [0.4, 0.5) is 0 Å². The summed E-state index contributed by atoms with van der Waals surface area (Å²) >= 11 is 0. The van der Waals surface area contributed by atoms with Crippen molar-refractivity contribution < 1.29 is 47.6 Å². The van der Waals surface area contributed by atoms with Gasteiger partial charge in [0, 0.05) is 5.75 Å². The largest absolute Gasteiger partial charge is 1.00 e. The van der Waals surface area contributed by atoms with Gasteiger partial charge in [0.2, 0.25) is 0 Å². The zero-order valence-electron chi connectivity index (χ0n) is 11.0. The Hall–Kier alpha value is 0.870. The molecule has 0 amide bonds. The summed E-state index contributed by atoms with van der Waals surface area (Å²) in [4.78, 5) is 0. The van der Waals surface area contributed by atoms with E-state index in [9.17, 15) is 13.0 Å². The van der Waals surface area contributed by atoms with E-state index in [0.717, 1.165) is 44.9 Å². The molecule has 0 rings (SSSR count). The van der Waals surface area contributed by atoms with Crippen molar-refractivity contribution in [3.63, 3.8) is 0 Å². The molecule has 0 heterocycles. The van der Waals surface area contributed by atoms with Crippen molar-refractivity contribution in [2.24, 2.45) is 0 Å². The second kappa shape index (κ2) is 11.9. The van der Waals surface area contributed by atoms with Gasteiger partial charge in [-0.3, -0.25) is 0 Å². The molecule has 0 aliphatic rings. The van der Waals surface area contributed by atoms with E-state index in [0.29, 0.717) is 6.42 Å². The summed E-state index contributed by atoms with van der Waals surface area (Å²) in [6, 6.07) is 0. The van der Waals surface area contributed by atoms with E-state index in [1.165, 1.54) is 0 Å². The van der Waals surface area contributed by atoms with Crippen molar-refractivity contribution >= 4 is 10.1 Å². The van der Waals surface area contributed by atoms with Crippen molar-refractivity contribution in [1.29, 1.82) is 0 Å². The summed E-state index contributed by atoms with van der Waals surface area (Å²) in [6.45, 7) is 1.80. The van der Waals surface area contributed by atoms with E-state index in [1.54, 1.807) is 6.92 Å². The summed E-state index contributed by atoms with van der Waals surface area (Å²) in [5.41, 5.74) is 0. The zero-order valence-corrected chi connectivity index (χ0v) is 13.8. The minimum atomic E-state index is -4.01. The predicted octanol–water partition coefficient (Wildman–Crippen LogP) is -0.963. The van der Waals surface area contributed by atoms with Crippen LogP contribution >= 0.6 is 0 Å². The molecule has 0 aliphatic heterocycles. The Morgan fingerprint density at radius 3 is 1.82 bits per heavy atom. The van der Waals surface area contributed by atoms with Gasteiger partial charge in [0.05, 0.1) is 16.2 Å². The molecule has 0 aliphatic carbocycles. The molecule has 1 unspecified atom stereocenters. The molecular formula is C11H23NaO4S. The predicted molar refractivity (Wildman–Crippen MR) is 63.2 cm³/mol. The van der Waals surface area contributed by atoms with Crippen molar-refractivity contribution in [3.8, 4) is 0 Å². The Morgan fingerprint density at radius 2 is 1.41 bits per heavy atom. The summed E-state index contributed by atoms with van der Waals surface area (Å²) in [5, 5.41) is 9.01. The monoisotopic (exact) mass is 274 g/mol. The van der Waals surface area contributed by atoms with Gasteiger partial charge in [0.25, 0.3) is 0 Å². The maximum atomic E-state index is 10.3. The maximum Gasteiger partial charge on any atom is 1.00 e. The molecule has 1 N–H and O–H groups in total. The van der Waals surface area contributed by atoms with Gasteiger partial charge in [-0.2, -0.15) is 0 Å². The average Bonchev–Trinajstić information content (AvgIpc) is 2.13. The molecule has 0 aromatic carbocycles. The first kappa shape index (κ1) is 20.2. The molecule has 0 aromatic heterocycles. The maximum absolute atomic E-state index is 10.3. The van der Waals surface area contributed by atoms with Crippen LogP contribution in [-0.4, -0.2) is 29.9 Å². The fourth-order valence-corrected chi connectivity index (χ4v) is 2.16. The van der Waals surface area contributed by atoms with Crippen LogP contribution in [0.15, 0.2) is 0 Å². The molecule has 6 heteroatoms. The van der Waals surface area contributed by atoms with Gasteiger partial charge in [-0.1, -0.05) is 38.5 Å². The van der Waals surface area contributed by atoms with Crippen molar-refractivity contribution in [1.82, 2.24) is 0 Å². The molecule has 0 aromatic rings. The van der Waals surface area contributed by atoms with E-state index in [1.807, 2.05) is 0 Å². The smallest absolute Gasteiger partial charge is 0.748 e. The minimum absolute atomic E-state index is 0. The summed E-state index contributed by atoms with van der Waals surface area (Å²) in [5.74, 6) is -0.227. The van der Waals surface area contributed by atoms with Crippen LogP contribution in [0.25, 0.3) is 0 Å². The quantitative estimate of drug-likeness (QED) is 0.316. The van der Waals surface area contributed by atoms with Gasteiger partial charge < -0.3 is 9.66 Å². The molecule has 0 spiro atoms. The number of unbranched alkanes of at least 4 members (excludes halogenated alkanes) is 6. The third-order valence-electron chi connectivity index (χ3n) is 2.52. The van der Waals surface area contributed by atoms with Crippen LogP contribution in [0.3, 0.4) is 0 Å². The van der Waals surface area contributed by atoms with Gasteiger partial charge in [-0.05, 0) is 19.8 Å². The van der Waals surface area contributed by atoms with Crippen molar-refractivity contribution in [2.75, 3.05) is 5.75 Å². The molecule has 0 radical (unpaired) electrons. The molecule has 17 heavy (non-hydrogen) atoms. The third kappa shape index (κ3) is 19.4. The molecule has 4 nitrogen and oxygen atoms in total. The minimum Gasteiger partial charge on any atom is -0.748 e. The average molecular weight is 274 g/mol. The number of rotatable bonds is 10. The molecule has 0 bridgehead atoms. The fraction of sp³-hybridized carbons (Fsp3) is 1.00. The Morgan fingerprint density at radius 1 is 1.00 bits per heavy atom. The number of aliphatic hydroxyl groups is 1. The summed E-state index contributed by atoms with van der Waals surface area (Å²) in [6.07, 6.45) is 7.31. The zero-order chi connectivity index (χ0) is 12.4. The van der Waals surface area contributed by atoms with Gasteiger partial charge in [0.1, 0.15) is 0 Å². The Bertz CT molecular complexity index is 252. The van der Waals surface area contributed by atoms with Crippen LogP contribution in [0.1, 0.15) is 58.3 Å². The molecular weight excluding hydrogens is 251 g/mol. The van der Waals surface area contributed by atoms with E-state index in [2.05, 4.69) is 0 Å². The normalized spacial score (nSPS) is 13.1. The first-order chi connectivity index (χ1) is 7.42. The standard InChI is InChI=1S/C11H24O4S.Na/c1-11(12)9-7-5-3-2-4-6-8-10-16(13,14)15;/h11-12H,2-10H2,1H3,(H,13,14,15);/q;+1/p-1. The van der Waals surface area contributed by atoms with Crippen LogP contribution in [-0.2, 0) is 10.1 Å². The molecule has 0 saturated heterocycles. The Balaban J connectivity index is 0. The van der Waals surface area contributed by atoms with Crippen LogP contribution in [0, 0.1) is 0 Å². The second-order valence-corrected chi connectivity index (χ2v) is 5.90. The molecule has 1 atom stereocenters. The third-order valence-corrected chi connectivity index (χ3v) is 3.30. The Kier molecular flexibility index (Phi) is 14.2. The van der Waals surface area contributed by atoms with E-state index in [-0.39, 0.29) is 41.4 Å². The van der Waals surface area contributed by atoms with Crippen LogP contribution in [0.5, 0.6) is 0 Å². The molecule has 0 fully saturated rings. The van der Waals surface area contributed by atoms with Gasteiger partial charge in [-0.15, -0.1) is 0 Å². The second-order valence-electron chi connectivity index (χ2n) is 4.37. The topological polar surface area (TPSA) is 77.4 Å². The number of hydrogen-bond acceptors (Lipinski definition) is 4. The van der Waals surface area contributed by atoms with E-state index < -0.39 is 10.1 Å². The number of aliphatic hydroxyl groups excluding tert-OH is 1.